The summed E-state index contributed by atoms with van der Waals surface area (Å²) in [6, 6.07) is 27.0. The van der Waals surface area contributed by atoms with Gasteiger partial charge in [0.15, 0.2) is 0 Å². The fourth-order valence-electron chi connectivity index (χ4n) is 3.90. The lowest BCUT2D eigenvalue weighted by molar-refractivity contribution is -0.121. The Labute approximate surface area is 192 Å². The average molecular weight is 437 g/mol. The molecule has 1 aliphatic rings. The summed E-state index contributed by atoms with van der Waals surface area (Å²) in [5.41, 5.74) is 4.69. The number of hydrogen-bond acceptors (Lipinski definition) is 5. The molecule has 1 aromatic heterocycles. The topological polar surface area (TPSA) is 73.3 Å². The van der Waals surface area contributed by atoms with Crippen molar-refractivity contribution in [1.82, 2.24) is 15.5 Å². The van der Waals surface area contributed by atoms with Gasteiger partial charge in [-0.15, -0.1) is 10.2 Å². The predicted octanol–water partition coefficient (Wildman–Crippen LogP) is 4.88. The molecule has 0 bridgehead atoms. The molecule has 164 valence electrons. The molecule has 0 aliphatic carbocycles. The number of nitrogens with one attached hydrogen (secondary N) is 1. The van der Waals surface area contributed by atoms with E-state index in [2.05, 4.69) is 15.5 Å². The minimum atomic E-state index is -0.431. The highest BCUT2D eigenvalue weighted by atomic mass is 16.5. The smallest absolute Gasteiger partial charge is 0.233 e. The highest BCUT2D eigenvalue weighted by Crippen LogP contribution is 2.43. The number of para-hydroxylation sites is 2. The van der Waals surface area contributed by atoms with E-state index in [0.29, 0.717) is 23.9 Å². The summed E-state index contributed by atoms with van der Waals surface area (Å²) in [4.78, 5) is 13.1. The lowest BCUT2D eigenvalue weighted by atomic mass is 9.87. The SMILES string of the molecule is Cc1ccc(-c2ccc(OCCNC(=O)C3c4ccccc4Oc4ccccc43)nn2)cc1. The normalized spacial score (nSPS) is 12.3. The monoisotopic (exact) mass is 437 g/mol. The number of hydrogen-bond donors (Lipinski definition) is 1. The van der Waals surface area contributed by atoms with Gasteiger partial charge in [-0.2, -0.15) is 0 Å². The molecule has 0 fully saturated rings. The molecular formula is C27H23N3O3. The Hall–Kier alpha value is -4.19. The first-order valence-electron chi connectivity index (χ1n) is 10.9. The third kappa shape index (κ3) is 4.41. The highest BCUT2D eigenvalue weighted by Gasteiger charge is 2.32. The van der Waals surface area contributed by atoms with E-state index >= 15 is 0 Å². The molecule has 1 aliphatic heterocycles. The zero-order valence-electron chi connectivity index (χ0n) is 18.2. The summed E-state index contributed by atoms with van der Waals surface area (Å²) in [5.74, 6) is 1.30. The van der Waals surface area contributed by atoms with E-state index in [-0.39, 0.29) is 12.5 Å². The maximum Gasteiger partial charge on any atom is 0.233 e. The van der Waals surface area contributed by atoms with Crippen LogP contribution in [-0.2, 0) is 4.79 Å². The van der Waals surface area contributed by atoms with Crippen LogP contribution in [0.3, 0.4) is 0 Å². The summed E-state index contributed by atoms with van der Waals surface area (Å²) >= 11 is 0. The number of benzene rings is 3. The van der Waals surface area contributed by atoms with Gasteiger partial charge in [-0.05, 0) is 25.1 Å². The van der Waals surface area contributed by atoms with Crippen molar-refractivity contribution >= 4 is 5.91 Å². The second-order valence-electron chi connectivity index (χ2n) is 7.87. The lowest BCUT2D eigenvalue weighted by Crippen LogP contribution is -2.34. The van der Waals surface area contributed by atoms with Gasteiger partial charge < -0.3 is 14.8 Å². The molecule has 5 rings (SSSR count). The first-order valence-corrected chi connectivity index (χ1v) is 10.9. The molecule has 4 aromatic rings. The summed E-state index contributed by atoms with van der Waals surface area (Å²) in [6.07, 6.45) is 0. The molecular weight excluding hydrogens is 414 g/mol. The van der Waals surface area contributed by atoms with Gasteiger partial charge in [0.25, 0.3) is 0 Å². The quantitative estimate of drug-likeness (QED) is 0.435. The Morgan fingerprint density at radius 3 is 2.18 bits per heavy atom. The molecule has 0 spiro atoms. The zero-order chi connectivity index (χ0) is 22.6. The third-order valence-electron chi connectivity index (χ3n) is 5.58. The van der Waals surface area contributed by atoms with Crippen LogP contribution < -0.4 is 14.8 Å². The van der Waals surface area contributed by atoms with Crippen molar-refractivity contribution in [1.29, 1.82) is 0 Å². The van der Waals surface area contributed by atoms with Crippen LogP contribution >= 0.6 is 0 Å². The molecule has 0 saturated heterocycles. The number of carbonyl (C=O) groups excluding carboxylic acids is 1. The van der Waals surface area contributed by atoms with Crippen molar-refractivity contribution in [2.75, 3.05) is 13.2 Å². The number of nitrogens with zero attached hydrogens (tertiary/aromatic N) is 2. The second-order valence-corrected chi connectivity index (χ2v) is 7.87. The van der Waals surface area contributed by atoms with Crippen molar-refractivity contribution in [3.8, 4) is 28.6 Å². The van der Waals surface area contributed by atoms with Gasteiger partial charge in [-0.3, -0.25) is 4.79 Å². The van der Waals surface area contributed by atoms with Crippen LogP contribution in [0.2, 0.25) is 0 Å². The zero-order valence-corrected chi connectivity index (χ0v) is 18.2. The standard InChI is InChI=1S/C27H23N3O3/c1-18-10-12-19(13-11-18)22-14-15-25(30-29-22)32-17-16-28-27(31)26-20-6-2-4-8-23(20)33-24-9-5-3-7-21(24)26/h2-15,26H,16-17H2,1H3,(H,28,31). The fraction of sp³-hybridized carbons (Fsp3) is 0.148. The van der Waals surface area contributed by atoms with E-state index in [9.17, 15) is 4.79 Å². The highest BCUT2D eigenvalue weighted by molar-refractivity contribution is 5.89. The molecule has 2 heterocycles. The number of aryl methyl sites for hydroxylation is 1. The van der Waals surface area contributed by atoms with Gasteiger partial charge in [0.05, 0.1) is 18.2 Å². The van der Waals surface area contributed by atoms with Crippen LogP contribution in [0.4, 0.5) is 0 Å². The molecule has 0 unspecified atom stereocenters. The molecule has 1 amide bonds. The van der Waals surface area contributed by atoms with Gasteiger partial charge in [-0.1, -0.05) is 66.2 Å². The first kappa shape index (κ1) is 20.7. The second kappa shape index (κ2) is 9.12. The molecule has 1 N–H and O–H groups in total. The number of aromatic nitrogens is 2. The Bertz CT molecular complexity index is 1230. The first-order chi connectivity index (χ1) is 16.2. The Kier molecular flexibility index (Phi) is 5.72. The summed E-state index contributed by atoms with van der Waals surface area (Å²) < 4.78 is 11.6. The minimum Gasteiger partial charge on any atom is -0.475 e. The number of fused-ring (bicyclic) bond motifs is 2. The number of rotatable bonds is 6. The van der Waals surface area contributed by atoms with Crippen LogP contribution in [0, 0.1) is 6.92 Å². The number of ether oxygens (including phenoxy) is 2. The van der Waals surface area contributed by atoms with Gasteiger partial charge in [0, 0.05) is 22.8 Å². The van der Waals surface area contributed by atoms with Gasteiger partial charge in [0.1, 0.15) is 18.1 Å². The molecule has 0 radical (unpaired) electrons. The van der Waals surface area contributed by atoms with Crippen LogP contribution in [0.5, 0.6) is 17.4 Å². The Morgan fingerprint density at radius 2 is 1.55 bits per heavy atom. The van der Waals surface area contributed by atoms with Crippen LogP contribution in [0.1, 0.15) is 22.6 Å². The predicted molar refractivity (Wildman–Crippen MR) is 126 cm³/mol. The maximum absolute atomic E-state index is 13.1. The largest absolute Gasteiger partial charge is 0.475 e. The van der Waals surface area contributed by atoms with Crippen molar-refractivity contribution in [3.63, 3.8) is 0 Å². The fourth-order valence-corrected chi connectivity index (χ4v) is 3.90. The van der Waals surface area contributed by atoms with Crippen molar-refractivity contribution in [3.05, 3.63) is 102 Å². The van der Waals surface area contributed by atoms with E-state index < -0.39 is 5.92 Å². The Balaban J connectivity index is 1.20. The molecule has 0 atom stereocenters. The van der Waals surface area contributed by atoms with E-state index in [1.807, 2.05) is 85.8 Å². The molecule has 6 heteroatoms. The average Bonchev–Trinajstić information content (AvgIpc) is 2.86. The minimum absolute atomic E-state index is 0.0948. The van der Waals surface area contributed by atoms with Gasteiger partial charge in [0.2, 0.25) is 11.8 Å². The lowest BCUT2D eigenvalue weighted by Gasteiger charge is -2.27. The molecule has 0 saturated carbocycles. The maximum atomic E-state index is 13.1. The van der Waals surface area contributed by atoms with Crippen LogP contribution in [0.25, 0.3) is 11.3 Å². The summed E-state index contributed by atoms with van der Waals surface area (Å²) in [7, 11) is 0. The molecule has 6 nitrogen and oxygen atoms in total. The molecule has 3 aromatic carbocycles. The number of carbonyl (C=O) groups is 1. The van der Waals surface area contributed by atoms with E-state index in [0.717, 1.165) is 22.4 Å². The van der Waals surface area contributed by atoms with E-state index in [1.54, 1.807) is 6.07 Å². The van der Waals surface area contributed by atoms with E-state index in [1.165, 1.54) is 5.56 Å². The van der Waals surface area contributed by atoms with Crippen molar-refractivity contribution < 1.29 is 14.3 Å². The van der Waals surface area contributed by atoms with Crippen LogP contribution in [-0.4, -0.2) is 29.3 Å². The molecule has 33 heavy (non-hydrogen) atoms. The number of amides is 1. The van der Waals surface area contributed by atoms with Crippen molar-refractivity contribution in [2.45, 2.75) is 12.8 Å². The van der Waals surface area contributed by atoms with Crippen LogP contribution in [0.15, 0.2) is 84.9 Å². The third-order valence-corrected chi connectivity index (χ3v) is 5.58. The van der Waals surface area contributed by atoms with Crippen molar-refractivity contribution in [2.24, 2.45) is 0 Å². The van der Waals surface area contributed by atoms with E-state index in [4.69, 9.17) is 9.47 Å². The Morgan fingerprint density at radius 1 is 0.879 bits per heavy atom. The van der Waals surface area contributed by atoms with Gasteiger partial charge >= 0.3 is 0 Å². The summed E-state index contributed by atoms with van der Waals surface area (Å²) in [5, 5.41) is 11.4. The van der Waals surface area contributed by atoms with Gasteiger partial charge in [-0.25, -0.2) is 0 Å². The summed E-state index contributed by atoms with van der Waals surface area (Å²) in [6.45, 7) is 2.68.